The highest BCUT2D eigenvalue weighted by molar-refractivity contribution is 5.37. The van der Waals surface area contributed by atoms with Crippen molar-refractivity contribution in [2.45, 2.75) is 257 Å². The molecular weight excluding hydrogens is 993 g/mol. The van der Waals surface area contributed by atoms with Crippen molar-refractivity contribution in [1.29, 1.82) is 0 Å². The predicted molar refractivity (Wildman–Crippen MR) is 322 cm³/mol. The van der Waals surface area contributed by atoms with Crippen molar-refractivity contribution < 1.29 is 8.78 Å². The monoisotopic (exact) mass is 1090 g/mol. The van der Waals surface area contributed by atoms with E-state index in [1.807, 2.05) is 74.3 Å². The number of nitrogens with zero attached hydrogens (tertiary/aromatic N) is 5. The molecule has 0 amide bonds. The van der Waals surface area contributed by atoms with E-state index >= 15 is 0 Å². The molecule has 0 spiro atoms. The van der Waals surface area contributed by atoms with Gasteiger partial charge in [0.15, 0.2) is 0 Å². The highest BCUT2D eigenvalue weighted by atomic mass is 19.1. The van der Waals surface area contributed by atoms with Gasteiger partial charge in [0.1, 0.15) is 11.8 Å². The largest absolute Gasteiger partial charge is 0.312 e. The molecule has 5 aliphatic rings. The van der Waals surface area contributed by atoms with Gasteiger partial charge in [0.2, 0.25) is 0 Å². The summed E-state index contributed by atoms with van der Waals surface area (Å²) in [5.74, 6) is 4.37. The molecule has 10 nitrogen and oxygen atoms in total. The average molecular weight is 1090 g/mol. The first-order chi connectivity index (χ1) is 36.8. The normalized spacial score (nSPS) is 21.5. The lowest BCUT2D eigenvalue weighted by molar-refractivity contribution is 0.192. The molecule has 5 aromatic heterocycles. The minimum absolute atomic E-state index is 0.0328. The van der Waals surface area contributed by atoms with Gasteiger partial charge in [-0.3, -0.25) is 24.0 Å². The number of aryl methyl sites for hydroxylation is 5. The van der Waals surface area contributed by atoms with E-state index in [0.29, 0.717) is 84.3 Å². The summed E-state index contributed by atoms with van der Waals surface area (Å²) in [6.45, 7) is 45.1. The number of aromatic nitrogens is 5. The molecular formula is C67H97F2N5O5. The van der Waals surface area contributed by atoms with Crippen LogP contribution in [0.2, 0.25) is 0 Å². The molecule has 0 saturated carbocycles. The van der Waals surface area contributed by atoms with Gasteiger partial charge < -0.3 is 22.8 Å². The standard InChI is InChI=1S/C15H23NO.C14H21NO.C13H18FNO.C13H19NO.C12H16FNO/c1-9(2)13-6-11(4)15(17)16-8-12(5)10(3)7-14(13)16;1-8(2)12-6-9(3)14(16)15-7-10(4)11(5)13(12)15;1-8(2)10-7-9(3)12(16)15-6-5-13(4,14)11(10)15;1-9(2)11-8-10(3)13(15)14-7-5-4-6-12(11)14;1-7(2)9-6-8(3)12(15)14-5-4-10(13)11(9)14/h6,9-10,12H,7-8H2,1-5H3;6,8,10-11H,7H2,1-5H3;7-8H,5-6H2,1-4H3;8-9H,4-7H2,1-3H3;6-7,10H,4-5H2,1-3H3. The Balaban J connectivity index is 0.000000160. The van der Waals surface area contributed by atoms with Gasteiger partial charge in [0.25, 0.3) is 27.8 Å². The molecule has 10 heterocycles. The summed E-state index contributed by atoms with van der Waals surface area (Å²) >= 11 is 0. The molecule has 434 valence electrons. The van der Waals surface area contributed by atoms with Crippen LogP contribution in [0.3, 0.4) is 0 Å². The number of hydrogen-bond donors (Lipinski definition) is 0. The second-order valence-corrected chi connectivity index (χ2v) is 26.0. The topological polar surface area (TPSA) is 110 Å². The molecule has 0 bridgehead atoms. The smallest absolute Gasteiger partial charge is 0.253 e. The van der Waals surface area contributed by atoms with Crippen LogP contribution in [0, 0.1) is 52.4 Å². The van der Waals surface area contributed by atoms with Crippen molar-refractivity contribution >= 4 is 0 Å². The molecule has 10 rings (SSSR count). The molecule has 0 aromatic carbocycles. The molecule has 79 heavy (non-hydrogen) atoms. The van der Waals surface area contributed by atoms with Crippen LogP contribution in [0.4, 0.5) is 8.78 Å². The second kappa shape index (κ2) is 25.2. The maximum absolute atomic E-state index is 14.4. The highest BCUT2D eigenvalue weighted by Crippen LogP contribution is 2.40. The Hall–Kier alpha value is -5.39. The number of fused-ring (bicyclic) bond motifs is 5. The van der Waals surface area contributed by atoms with Crippen LogP contribution in [-0.2, 0) is 51.2 Å². The number of halogens is 2. The molecule has 5 aliphatic heterocycles. The third-order valence-corrected chi connectivity index (χ3v) is 17.9. The van der Waals surface area contributed by atoms with Crippen LogP contribution in [0.25, 0.3) is 0 Å². The van der Waals surface area contributed by atoms with Gasteiger partial charge in [-0.15, -0.1) is 0 Å². The first-order valence-electron chi connectivity index (χ1n) is 29.8. The Bertz CT molecular complexity index is 3320. The summed E-state index contributed by atoms with van der Waals surface area (Å²) in [6.07, 6.45) is 4.38. The lowest BCUT2D eigenvalue weighted by Gasteiger charge is -2.32. The number of pyridine rings is 5. The van der Waals surface area contributed by atoms with E-state index in [1.165, 1.54) is 40.2 Å². The number of hydrogen-bond acceptors (Lipinski definition) is 5. The van der Waals surface area contributed by atoms with Gasteiger partial charge in [0.05, 0.1) is 11.4 Å². The Morgan fingerprint density at radius 2 is 0.886 bits per heavy atom. The van der Waals surface area contributed by atoms with Gasteiger partial charge in [0, 0.05) is 96.4 Å². The van der Waals surface area contributed by atoms with Crippen molar-refractivity contribution in [2.24, 2.45) is 17.8 Å². The van der Waals surface area contributed by atoms with Gasteiger partial charge in [-0.25, -0.2) is 8.78 Å². The lowest BCUT2D eigenvalue weighted by Crippen LogP contribution is -2.36. The van der Waals surface area contributed by atoms with Crippen molar-refractivity contribution in [3.63, 3.8) is 0 Å². The summed E-state index contributed by atoms with van der Waals surface area (Å²) in [7, 11) is 0. The maximum atomic E-state index is 14.4. The van der Waals surface area contributed by atoms with Crippen LogP contribution in [0.5, 0.6) is 0 Å². The average Bonchev–Trinajstić information content (AvgIpc) is 4.11. The first kappa shape index (κ1) is 62.8. The molecule has 0 fully saturated rings. The first-order valence-corrected chi connectivity index (χ1v) is 29.8. The minimum atomic E-state index is -1.35. The van der Waals surface area contributed by atoms with E-state index in [-0.39, 0.29) is 39.6 Å². The minimum Gasteiger partial charge on any atom is -0.312 e. The summed E-state index contributed by atoms with van der Waals surface area (Å²) < 4.78 is 37.3. The van der Waals surface area contributed by atoms with E-state index in [9.17, 15) is 32.8 Å². The number of rotatable bonds is 5. The summed E-state index contributed by atoms with van der Waals surface area (Å²) in [6, 6.07) is 9.97. The Labute approximate surface area is 470 Å². The molecule has 6 atom stereocenters. The lowest BCUT2D eigenvalue weighted by atomic mass is 9.84. The van der Waals surface area contributed by atoms with Crippen molar-refractivity contribution in [1.82, 2.24) is 22.8 Å². The second-order valence-electron chi connectivity index (χ2n) is 26.0. The van der Waals surface area contributed by atoms with Gasteiger partial charge >= 0.3 is 0 Å². The Morgan fingerprint density at radius 3 is 1.41 bits per heavy atom. The quantitative estimate of drug-likeness (QED) is 0.174. The predicted octanol–water partition coefficient (Wildman–Crippen LogP) is 14.3. The van der Waals surface area contributed by atoms with Crippen LogP contribution < -0.4 is 27.8 Å². The molecule has 0 saturated heterocycles. The van der Waals surface area contributed by atoms with E-state index < -0.39 is 11.8 Å². The molecule has 12 heteroatoms. The number of alkyl halides is 2. The zero-order valence-electron chi connectivity index (χ0n) is 52.0. The summed E-state index contributed by atoms with van der Waals surface area (Å²) in [4.78, 5) is 59.9. The van der Waals surface area contributed by atoms with Gasteiger partial charge in [-0.2, -0.15) is 0 Å². The zero-order chi connectivity index (χ0) is 59.0. The molecule has 0 radical (unpaired) electrons. The maximum Gasteiger partial charge on any atom is 0.253 e. The Kier molecular flexibility index (Phi) is 20.0. The van der Waals surface area contributed by atoms with E-state index in [0.717, 1.165) is 72.3 Å². The molecule has 5 aromatic rings. The van der Waals surface area contributed by atoms with Crippen molar-refractivity contribution in [3.05, 3.63) is 166 Å². The summed E-state index contributed by atoms with van der Waals surface area (Å²) in [5.41, 5.74) is 14.4. The van der Waals surface area contributed by atoms with E-state index in [1.54, 1.807) is 29.9 Å². The highest BCUT2D eigenvalue weighted by Gasteiger charge is 2.38. The zero-order valence-corrected chi connectivity index (χ0v) is 52.0. The van der Waals surface area contributed by atoms with E-state index in [4.69, 9.17) is 0 Å². The van der Waals surface area contributed by atoms with Crippen LogP contribution in [-0.4, -0.2) is 22.8 Å². The van der Waals surface area contributed by atoms with Crippen molar-refractivity contribution in [2.75, 3.05) is 0 Å². The van der Waals surface area contributed by atoms with E-state index in [2.05, 4.69) is 87.4 Å². The van der Waals surface area contributed by atoms with Gasteiger partial charge in [-0.1, -0.05) is 96.9 Å². The SMILES string of the molecule is Cc1cc(C(C)C)c2n(c1=O)CC(C)C(C)C2.Cc1cc(C(C)C)c2n(c1=O)CC(C)C2C.Cc1cc(C(C)C)c2n(c1=O)CCC2(C)F.Cc1cc(C(C)C)c2n(c1=O)CCC2F.Cc1cc(C(C)C)c2n(c1=O)CCCC2. The molecule has 6 unspecified atom stereocenters. The fourth-order valence-electron chi connectivity index (χ4n) is 12.7. The Morgan fingerprint density at radius 1 is 0.468 bits per heavy atom. The molecule has 0 aliphatic carbocycles. The third-order valence-electron chi connectivity index (χ3n) is 17.9. The fourth-order valence-corrected chi connectivity index (χ4v) is 12.7. The third kappa shape index (κ3) is 13.0. The van der Waals surface area contributed by atoms with Gasteiger partial charge in [-0.05, 0) is 173 Å². The molecule has 0 N–H and O–H groups in total. The summed E-state index contributed by atoms with van der Waals surface area (Å²) in [5, 5.41) is 0. The van der Waals surface area contributed by atoms with Crippen molar-refractivity contribution in [3.8, 4) is 0 Å². The van der Waals surface area contributed by atoms with Crippen LogP contribution in [0.15, 0.2) is 54.3 Å². The van der Waals surface area contributed by atoms with Crippen LogP contribution >= 0.6 is 0 Å². The van der Waals surface area contributed by atoms with Crippen LogP contribution in [0.1, 0.15) is 255 Å². The fraction of sp³-hybridized carbons (Fsp3) is 0.627.